The summed E-state index contributed by atoms with van der Waals surface area (Å²) in [5, 5.41) is 3.02. The highest BCUT2D eigenvalue weighted by Crippen LogP contribution is 2.17. The average molecular weight is 265 g/mol. The second-order valence-electron chi connectivity index (χ2n) is 6.06. The molecular formula is C15H27N3O. The van der Waals surface area contributed by atoms with Gasteiger partial charge in [-0.2, -0.15) is 0 Å². The molecule has 0 saturated carbocycles. The fraction of sp³-hybridized carbons (Fsp3) is 0.800. The van der Waals surface area contributed by atoms with Gasteiger partial charge < -0.3 is 16.0 Å². The maximum Gasteiger partial charge on any atom is 0.226 e. The first kappa shape index (κ1) is 14.5. The molecule has 0 bridgehead atoms. The van der Waals surface area contributed by atoms with Gasteiger partial charge >= 0.3 is 0 Å². The molecule has 1 aliphatic heterocycles. The zero-order valence-corrected chi connectivity index (χ0v) is 12.0. The summed E-state index contributed by atoms with van der Waals surface area (Å²) in [5.41, 5.74) is 5.75. The number of nitrogens with one attached hydrogen (secondary N) is 1. The average Bonchev–Trinajstić information content (AvgIpc) is 2.83. The second kappa shape index (κ2) is 7.06. The molecule has 0 aromatic heterocycles. The first-order valence-corrected chi connectivity index (χ1v) is 7.59. The molecule has 3 N–H and O–H groups in total. The first-order valence-electron chi connectivity index (χ1n) is 7.59. The van der Waals surface area contributed by atoms with Gasteiger partial charge in [-0.25, -0.2) is 0 Å². The highest BCUT2D eigenvalue weighted by molar-refractivity contribution is 5.81. The summed E-state index contributed by atoms with van der Waals surface area (Å²) >= 11 is 0. The van der Waals surface area contributed by atoms with Crippen LogP contribution < -0.4 is 11.1 Å². The molecule has 0 aromatic carbocycles. The number of nitrogens with two attached hydrogens (primary N) is 1. The van der Waals surface area contributed by atoms with E-state index >= 15 is 0 Å². The summed E-state index contributed by atoms with van der Waals surface area (Å²) < 4.78 is 0. The van der Waals surface area contributed by atoms with Crippen LogP contribution in [0.4, 0.5) is 0 Å². The molecule has 2 aliphatic rings. The van der Waals surface area contributed by atoms with Gasteiger partial charge in [-0.15, -0.1) is 0 Å². The smallest absolute Gasteiger partial charge is 0.226 e. The normalized spacial score (nSPS) is 28.7. The van der Waals surface area contributed by atoms with Crippen LogP contribution in [0.5, 0.6) is 0 Å². The van der Waals surface area contributed by atoms with Crippen molar-refractivity contribution in [1.82, 2.24) is 10.2 Å². The Morgan fingerprint density at radius 2 is 2.11 bits per heavy atom. The summed E-state index contributed by atoms with van der Waals surface area (Å²) in [6.07, 6.45) is 8.30. The number of nitrogens with zero attached hydrogens (tertiary/aromatic N) is 1. The van der Waals surface area contributed by atoms with Crippen molar-refractivity contribution in [3.8, 4) is 0 Å². The summed E-state index contributed by atoms with van der Waals surface area (Å²) in [6, 6.07) is 0.0612. The Labute approximate surface area is 116 Å². The van der Waals surface area contributed by atoms with Crippen molar-refractivity contribution in [1.29, 1.82) is 0 Å². The van der Waals surface area contributed by atoms with Crippen LogP contribution in [0, 0.1) is 11.8 Å². The Morgan fingerprint density at radius 3 is 2.74 bits per heavy atom. The van der Waals surface area contributed by atoms with Gasteiger partial charge in [0.2, 0.25) is 5.91 Å². The lowest BCUT2D eigenvalue weighted by Gasteiger charge is -2.30. The molecule has 1 saturated heterocycles. The molecule has 1 amide bonds. The number of likely N-dealkylation sites (tertiary alicyclic amines) is 1. The monoisotopic (exact) mass is 265 g/mol. The number of carbonyl (C=O) groups is 1. The molecule has 1 fully saturated rings. The van der Waals surface area contributed by atoms with Crippen molar-refractivity contribution in [3.05, 3.63) is 12.2 Å². The van der Waals surface area contributed by atoms with Crippen LogP contribution in [-0.2, 0) is 4.79 Å². The Bertz CT molecular complexity index is 321. The van der Waals surface area contributed by atoms with E-state index in [1.165, 1.54) is 25.9 Å². The minimum Gasteiger partial charge on any atom is -0.356 e. The van der Waals surface area contributed by atoms with Crippen molar-refractivity contribution in [2.45, 2.75) is 38.6 Å². The van der Waals surface area contributed by atoms with Crippen LogP contribution in [-0.4, -0.2) is 43.0 Å². The molecule has 0 radical (unpaired) electrons. The van der Waals surface area contributed by atoms with Gasteiger partial charge in [0.05, 0.1) is 5.92 Å². The minimum atomic E-state index is -0.00848. The van der Waals surface area contributed by atoms with E-state index in [4.69, 9.17) is 5.73 Å². The summed E-state index contributed by atoms with van der Waals surface area (Å²) in [5.74, 6) is 1.01. The third-order valence-electron chi connectivity index (χ3n) is 4.28. The highest BCUT2D eigenvalue weighted by atomic mass is 16.1. The van der Waals surface area contributed by atoms with Crippen LogP contribution in [0.3, 0.4) is 0 Å². The van der Waals surface area contributed by atoms with Crippen molar-refractivity contribution >= 4 is 5.91 Å². The maximum absolute atomic E-state index is 11.9. The lowest BCUT2D eigenvalue weighted by molar-refractivity contribution is -0.123. The van der Waals surface area contributed by atoms with E-state index in [1.54, 1.807) is 0 Å². The number of hydrogen-bond donors (Lipinski definition) is 2. The van der Waals surface area contributed by atoms with Gasteiger partial charge in [-0.3, -0.25) is 4.79 Å². The van der Waals surface area contributed by atoms with Crippen molar-refractivity contribution < 1.29 is 4.79 Å². The fourth-order valence-electron chi connectivity index (χ4n) is 2.85. The van der Waals surface area contributed by atoms with E-state index < -0.39 is 0 Å². The van der Waals surface area contributed by atoms with Crippen LogP contribution >= 0.6 is 0 Å². The molecule has 2 rings (SSSR count). The van der Waals surface area contributed by atoms with Crippen LogP contribution in [0.15, 0.2) is 12.2 Å². The summed E-state index contributed by atoms with van der Waals surface area (Å²) in [6.45, 7) is 6.65. The molecule has 0 aromatic rings. The third-order valence-corrected chi connectivity index (χ3v) is 4.28. The highest BCUT2D eigenvalue weighted by Gasteiger charge is 2.22. The zero-order valence-electron chi connectivity index (χ0n) is 12.0. The summed E-state index contributed by atoms with van der Waals surface area (Å²) in [4.78, 5) is 14.4. The SMILES string of the molecule is CC1CCN(CCCNC(=O)C2C=CC(N)C2)CC1. The van der Waals surface area contributed by atoms with Crippen LogP contribution in [0.2, 0.25) is 0 Å². The van der Waals surface area contributed by atoms with E-state index in [1.807, 2.05) is 12.2 Å². The second-order valence-corrected chi connectivity index (χ2v) is 6.06. The predicted octanol–water partition coefficient (Wildman–Crippen LogP) is 1.13. The number of amides is 1. The molecule has 2 unspecified atom stereocenters. The quantitative estimate of drug-likeness (QED) is 0.579. The predicted molar refractivity (Wildman–Crippen MR) is 77.7 cm³/mol. The Balaban J connectivity index is 1.54. The molecule has 2 atom stereocenters. The molecule has 19 heavy (non-hydrogen) atoms. The van der Waals surface area contributed by atoms with Crippen LogP contribution in [0.1, 0.15) is 32.6 Å². The fourth-order valence-corrected chi connectivity index (χ4v) is 2.85. The number of rotatable bonds is 5. The lowest BCUT2D eigenvalue weighted by Crippen LogP contribution is -2.36. The van der Waals surface area contributed by atoms with Gasteiger partial charge in [0.25, 0.3) is 0 Å². The van der Waals surface area contributed by atoms with Gasteiger partial charge in [-0.05, 0) is 51.2 Å². The van der Waals surface area contributed by atoms with Gasteiger partial charge in [0, 0.05) is 12.6 Å². The molecule has 4 heteroatoms. The molecular weight excluding hydrogens is 238 g/mol. The van der Waals surface area contributed by atoms with Crippen molar-refractivity contribution in [3.63, 3.8) is 0 Å². The third kappa shape index (κ3) is 4.62. The number of carbonyl (C=O) groups excluding carboxylic acids is 1. The number of piperidine rings is 1. The molecule has 1 aliphatic carbocycles. The van der Waals surface area contributed by atoms with Crippen LogP contribution in [0.25, 0.3) is 0 Å². The standard InChI is InChI=1S/C15H27N3O/c1-12-5-9-18(10-6-12)8-2-7-17-15(19)13-3-4-14(16)11-13/h3-4,12-14H,2,5-11,16H2,1H3,(H,17,19). The summed E-state index contributed by atoms with van der Waals surface area (Å²) in [7, 11) is 0. The topological polar surface area (TPSA) is 58.4 Å². The van der Waals surface area contributed by atoms with Gasteiger partial charge in [0.15, 0.2) is 0 Å². The minimum absolute atomic E-state index is 0.00848. The van der Waals surface area contributed by atoms with E-state index in [0.29, 0.717) is 0 Å². The molecule has 108 valence electrons. The van der Waals surface area contributed by atoms with E-state index in [0.717, 1.165) is 31.8 Å². The lowest BCUT2D eigenvalue weighted by atomic mass is 9.99. The maximum atomic E-state index is 11.9. The van der Waals surface area contributed by atoms with Gasteiger partial charge in [-0.1, -0.05) is 19.1 Å². The molecule has 0 spiro atoms. The Morgan fingerprint density at radius 1 is 1.37 bits per heavy atom. The Hall–Kier alpha value is -0.870. The molecule has 4 nitrogen and oxygen atoms in total. The molecule has 1 heterocycles. The first-order chi connectivity index (χ1) is 9.15. The number of hydrogen-bond acceptors (Lipinski definition) is 3. The van der Waals surface area contributed by atoms with E-state index in [2.05, 4.69) is 17.1 Å². The Kier molecular flexibility index (Phi) is 5.40. The largest absolute Gasteiger partial charge is 0.356 e. The van der Waals surface area contributed by atoms with E-state index in [-0.39, 0.29) is 17.9 Å². The van der Waals surface area contributed by atoms with E-state index in [9.17, 15) is 4.79 Å². The van der Waals surface area contributed by atoms with Crippen molar-refractivity contribution in [2.75, 3.05) is 26.2 Å². The van der Waals surface area contributed by atoms with Gasteiger partial charge in [0.1, 0.15) is 0 Å². The van der Waals surface area contributed by atoms with Crippen molar-refractivity contribution in [2.24, 2.45) is 17.6 Å². The zero-order chi connectivity index (χ0) is 13.7.